The van der Waals surface area contributed by atoms with E-state index in [0.717, 1.165) is 16.7 Å². The van der Waals surface area contributed by atoms with E-state index in [1.165, 1.54) is 13.2 Å². The van der Waals surface area contributed by atoms with E-state index < -0.39 is 5.97 Å². The number of aryl methyl sites for hydroxylation is 1. The number of methoxy groups -OCH3 is 1. The van der Waals surface area contributed by atoms with Crippen molar-refractivity contribution in [2.45, 2.75) is 6.92 Å². The first kappa shape index (κ1) is 17.4. The molecule has 0 spiro atoms. The first-order valence-corrected chi connectivity index (χ1v) is 8.09. The second kappa shape index (κ2) is 7.61. The van der Waals surface area contributed by atoms with Crippen molar-refractivity contribution in [3.63, 3.8) is 0 Å². The minimum absolute atomic E-state index is 0.286. The average molecular weight is 346 g/mol. The molecule has 26 heavy (non-hydrogen) atoms. The van der Waals surface area contributed by atoms with Crippen molar-refractivity contribution >= 4 is 17.6 Å². The molecule has 130 valence electrons. The molecule has 0 unspecified atom stereocenters. The van der Waals surface area contributed by atoms with Crippen LogP contribution >= 0.6 is 0 Å². The molecule has 0 aliphatic heterocycles. The number of benzene rings is 2. The summed E-state index contributed by atoms with van der Waals surface area (Å²) < 4.78 is 4.70. The Morgan fingerprint density at radius 2 is 1.65 bits per heavy atom. The Hall–Kier alpha value is -3.47. The molecule has 0 radical (unpaired) electrons. The average Bonchev–Trinajstić information content (AvgIpc) is 2.69. The van der Waals surface area contributed by atoms with Crippen LogP contribution in [-0.2, 0) is 4.74 Å². The van der Waals surface area contributed by atoms with Gasteiger partial charge in [0.1, 0.15) is 0 Å². The summed E-state index contributed by atoms with van der Waals surface area (Å²) in [7, 11) is 1.31. The first-order valence-electron chi connectivity index (χ1n) is 8.09. The zero-order valence-electron chi connectivity index (χ0n) is 14.5. The largest absolute Gasteiger partial charge is 0.465 e. The van der Waals surface area contributed by atoms with Crippen LogP contribution in [0.1, 0.15) is 26.3 Å². The highest BCUT2D eigenvalue weighted by Crippen LogP contribution is 2.25. The number of amides is 1. The van der Waals surface area contributed by atoms with Gasteiger partial charge in [-0.05, 0) is 60.0 Å². The van der Waals surface area contributed by atoms with E-state index in [4.69, 9.17) is 4.74 Å². The third-order valence-corrected chi connectivity index (χ3v) is 4.05. The van der Waals surface area contributed by atoms with Gasteiger partial charge in [-0.3, -0.25) is 9.78 Å². The van der Waals surface area contributed by atoms with Gasteiger partial charge in [-0.2, -0.15) is 0 Å². The Bertz CT molecular complexity index is 952. The molecule has 1 aromatic heterocycles. The number of hydrogen-bond acceptors (Lipinski definition) is 4. The fourth-order valence-corrected chi connectivity index (χ4v) is 2.58. The van der Waals surface area contributed by atoms with Crippen LogP contribution in [0.3, 0.4) is 0 Å². The third-order valence-electron chi connectivity index (χ3n) is 4.05. The fraction of sp³-hybridized carbons (Fsp3) is 0.0952. The van der Waals surface area contributed by atoms with Crippen LogP contribution < -0.4 is 5.32 Å². The van der Waals surface area contributed by atoms with Gasteiger partial charge in [0.25, 0.3) is 5.91 Å². The van der Waals surface area contributed by atoms with Crippen molar-refractivity contribution in [3.8, 4) is 11.1 Å². The molecule has 0 aliphatic rings. The SMILES string of the molecule is COC(=O)c1cccc(C(=O)Nc2cc(-c3ccncc3)ccc2C)c1. The fourth-order valence-electron chi connectivity index (χ4n) is 2.58. The van der Waals surface area contributed by atoms with E-state index in [9.17, 15) is 9.59 Å². The highest BCUT2D eigenvalue weighted by atomic mass is 16.5. The minimum Gasteiger partial charge on any atom is -0.465 e. The van der Waals surface area contributed by atoms with Gasteiger partial charge in [0, 0.05) is 23.6 Å². The van der Waals surface area contributed by atoms with Crippen LogP contribution in [0.15, 0.2) is 67.0 Å². The van der Waals surface area contributed by atoms with Gasteiger partial charge in [0.2, 0.25) is 0 Å². The number of carbonyl (C=O) groups is 2. The number of pyridine rings is 1. The first-order chi connectivity index (χ1) is 12.6. The molecule has 0 bridgehead atoms. The highest BCUT2D eigenvalue weighted by Gasteiger charge is 2.12. The van der Waals surface area contributed by atoms with Crippen LogP contribution in [0.5, 0.6) is 0 Å². The van der Waals surface area contributed by atoms with E-state index in [1.54, 1.807) is 30.6 Å². The van der Waals surface area contributed by atoms with Crippen LogP contribution in [0.25, 0.3) is 11.1 Å². The molecule has 3 aromatic rings. The van der Waals surface area contributed by atoms with Gasteiger partial charge in [-0.1, -0.05) is 18.2 Å². The van der Waals surface area contributed by atoms with E-state index in [1.807, 2.05) is 37.3 Å². The van der Waals surface area contributed by atoms with E-state index in [-0.39, 0.29) is 5.91 Å². The maximum Gasteiger partial charge on any atom is 0.337 e. The van der Waals surface area contributed by atoms with Crippen molar-refractivity contribution in [2.75, 3.05) is 12.4 Å². The summed E-state index contributed by atoms with van der Waals surface area (Å²) in [5.41, 5.74) is 4.39. The number of esters is 1. The molecule has 5 nitrogen and oxygen atoms in total. The lowest BCUT2D eigenvalue weighted by Crippen LogP contribution is -2.14. The van der Waals surface area contributed by atoms with Crippen LogP contribution in [0, 0.1) is 6.92 Å². The van der Waals surface area contributed by atoms with Crippen LogP contribution in [-0.4, -0.2) is 24.0 Å². The van der Waals surface area contributed by atoms with Gasteiger partial charge in [0.05, 0.1) is 12.7 Å². The number of nitrogens with one attached hydrogen (secondary N) is 1. The molecule has 1 heterocycles. The standard InChI is InChI=1S/C21H18N2O3/c1-14-6-7-16(15-8-10-22-11-9-15)13-19(14)23-20(24)17-4-3-5-18(12-17)21(25)26-2/h3-13H,1-2H3,(H,23,24). The molecular formula is C21H18N2O3. The molecule has 0 fully saturated rings. The lowest BCUT2D eigenvalue weighted by atomic mass is 10.0. The van der Waals surface area contributed by atoms with Crippen LogP contribution in [0.2, 0.25) is 0 Å². The molecule has 0 aliphatic carbocycles. The predicted molar refractivity (Wildman–Crippen MR) is 100 cm³/mol. The summed E-state index contributed by atoms with van der Waals surface area (Å²) in [4.78, 5) is 28.3. The van der Waals surface area contributed by atoms with E-state index in [2.05, 4.69) is 10.3 Å². The van der Waals surface area contributed by atoms with Crippen molar-refractivity contribution in [3.05, 3.63) is 83.7 Å². The lowest BCUT2D eigenvalue weighted by Gasteiger charge is -2.11. The van der Waals surface area contributed by atoms with Crippen molar-refractivity contribution in [1.82, 2.24) is 4.98 Å². The zero-order valence-corrected chi connectivity index (χ0v) is 14.5. The summed E-state index contributed by atoms with van der Waals surface area (Å²) in [6.45, 7) is 1.93. The molecule has 5 heteroatoms. The predicted octanol–water partition coefficient (Wildman–Crippen LogP) is 4.10. The van der Waals surface area contributed by atoms with E-state index >= 15 is 0 Å². The Kier molecular flexibility index (Phi) is 5.08. The Morgan fingerprint density at radius 1 is 0.923 bits per heavy atom. The Morgan fingerprint density at radius 3 is 2.38 bits per heavy atom. The molecule has 0 saturated heterocycles. The molecule has 1 N–H and O–H groups in total. The summed E-state index contributed by atoms with van der Waals surface area (Å²) >= 11 is 0. The van der Waals surface area contributed by atoms with Gasteiger partial charge >= 0.3 is 5.97 Å². The lowest BCUT2D eigenvalue weighted by molar-refractivity contribution is 0.0600. The smallest absolute Gasteiger partial charge is 0.337 e. The maximum atomic E-state index is 12.6. The monoisotopic (exact) mass is 346 g/mol. The number of ether oxygens (including phenoxy) is 1. The maximum absolute atomic E-state index is 12.6. The number of aromatic nitrogens is 1. The summed E-state index contributed by atoms with van der Waals surface area (Å²) in [6, 6.07) is 16.1. The molecule has 2 aromatic carbocycles. The summed E-state index contributed by atoms with van der Waals surface area (Å²) in [5.74, 6) is -0.763. The normalized spacial score (nSPS) is 10.2. The number of nitrogens with zero attached hydrogens (tertiary/aromatic N) is 1. The van der Waals surface area contributed by atoms with Crippen molar-refractivity contribution < 1.29 is 14.3 Å². The number of rotatable bonds is 4. The Balaban J connectivity index is 1.87. The second-order valence-corrected chi connectivity index (χ2v) is 5.79. The van der Waals surface area contributed by atoms with Gasteiger partial charge in [0.15, 0.2) is 0 Å². The molecule has 0 saturated carbocycles. The quantitative estimate of drug-likeness (QED) is 0.722. The summed E-state index contributed by atoms with van der Waals surface area (Å²) in [5, 5.41) is 2.91. The number of anilines is 1. The molecule has 3 rings (SSSR count). The van der Waals surface area contributed by atoms with Gasteiger partial charge < -0.3 is 10.1 Å². The Labute approximate surface area is 151 Å². The molecule has 0 atom stereocenters. The zero-order chi connectivity index (χ0) is 18.5. The molecular weight excluding hydrogens is 328 g/mol. The highest BCUT2D eigenvalue weighted by molar-refractivity contribution is 6.06. The minimum atomic E-state index is -0.476. The van der Waals surface area contributed by atoms with Crippen molar-refractivity contribution in [2.24, 2.45) is 0 Å². The van der Waals surface area contributed by atoms with Gasteiger partial charge in [-0.25, -0.2) is 4.79 Å². The summed E-state index contributed by atoms with van der Waals surface area (Å²) in [6.07, 6.45) is 3.46. The molecule has 1 amide bonds. The topological polar surface area (TPSA) is 68.3 Å². The number of carbonyl (C=O) groups excluding carboxylic acids is 2. The third kappa shape index (κ3) is 3.78. The van der Waals surface area contributed by atoms with E-state index in [0.29, 0.717) is 16.8 Å². The number of hydrogen-bond donors (Lipinski definition) is 1. The van der Waals surface area contributed by atoms with Gasteiger partial charge in [-0.15, -0.1) is 0 Å². The van der Waals surface area contributed by atoms with Crippen molar-refractivity contribution in [1.29, 1.82) is 0 Å². The van der Waals surface area contributed by atoms with Crippen LogP contribution in [0.4, 0.5) is 5.69 Å². The second-order valence-electron chi connectivity index (χ2n) is 5.79.